The molecular formula is C48H87O13P. The summed E-state index contributed by atoms with van der Waals surface area (Å²) in [4.78, 5) is 35.7. The van der Waals surface area contributed by atoms with Gasteiger partial charge in [0, 0.05) is 12.8 Å². The van der Waals surface area contributed by atoms with Crippen LogP contribution in [0, 0.1) is 0 Å². The smallest absolute Gasteiger partial charge is 0.462 e. The summed E-state index contributed by atoms with van der Waals surface area (Å²) in [5.74, 6) is -1.11. The van der Waals surface area contributed by atoms with Crippen LogP contribution in [0.5, 0.6) is 0 Å². The molecule has 1 rings (SSSR count). The van der Waals surface area contributed by atoms with E-state index in [1.807, 2.05) is 0 Å². The number of carbonyl (C=O) groups excluding carboxylic acids is 2. The van der Waals surface area contributed by atoms with E-state index in [9.17, 15) is 44.6 Å². The van der Waals surface area contributed by atoms with E-state index in [1.54, 1.807) is 0 Å². The van der Waals surface area contributed by atoms with Gasteiger partial charge >= 0.3 is 19.8 Å². The van der Waals surface area contributed by atoms with Crippen molar-refractivity contribution in [2.24, 2.45) is 0 Å². The molecule has 0 radical (unpaired) electrons. The van der Waals surface area contributed by atoms with Gasteiger partial charge in [0.1, 0.15) is 43.2 Å². The number of rotatable bonds is 40. The lowest BCUT2D eigenvalue weighted by molar-refractivity contribution is -0.220. The number of phosphoric ester groups is 1. The lowest BCUT2D eigenvalue weighted by Crippen LogP contribution is -2.64. The molecule has 0 amide bonds. The van der Waals surface area contributed by atoms with Crippen LogP contribution in [0.25, 0.3) is 0 Å². The number of aliphatic hydroxyl groups is 5. The van der Waals surface area contributed by atoms with Crippen LogP contribution in [0.2, 0.25) is 0 Å². The number of ether oxygens (including phenoxy) is 2. The van der Waals surface area contributed by atoms with Gasteiger partial charge in [-0.2, -0.15) is 0 Å². The standard InChI is InChI=1S/C48H87O13P/c1-3-5-7-9-11-13-15-17-19-20-21-22-23-25-27-29-31-33-35-37-42(50)60-40(39-59-62(56,57)61-48-46(54)44(52)43(51)45(53)47(48)55)38-58-41(49)36-34-32-30-28-26-24-18-16-14-12-10-8-6-4-2/h11,13,16-19,40,43-48,51-55H,3-10,12,14-15,20-39H2,1-2H3,(H,56,57)/b13-11-,18-16-,19-17-. The van der Waals surface area contributed by atoms with Gasteiger partial charge in [-0.1, -0.05) is 153 Å². The van der Waals surface area contributed by atoms with E-state index in [4.69, 9.17) is 18.5 Å². The fraction of sp³-hybridized carbons (Fsp3) is 0.833. The molecule has 0 aromatic carbocycles. The Morgan fingerprint density at radius 2 is 0.871 bits per heavy atom. The van der Waals surface area contributed by atoms with Gasteiger partial charge in [-0.15, -0.1) is 0 Å². The highest BCUT2D eigenvalue weighted by Gasteiger charge is 2.51. The van der Waals surface area contributed by atoms with Crippen molar-refractivity contribution in [1.82, 2.24) is 0 Å². The van der Waals surface area contributed by atoms with E-state index >= 15 is 0 Å². The first kappa shape index (κ1) is 58.1. The summed E-state index contributed by atoms with van der Waals surface area (Å²) >= 11 is 0. The number of phosphoric acid groups is 1. The Morgan fingerprint density at radius 1 is 0.500 bits per heavy atom. The van der Waals surface area contributed by atoms with E-state index in [2.05, 4.69) is 50.3 Å². The van der Waals surface area contributed by atoms with E-state index in [0.29, 0.717) is 12.8 Å². The third kappa shape index (κ3) is 30.3. The molecule has 362 valence electrons. The summed E-state index contributed by atoms with van der Waals surface area (Å²) in [5.41, 5.74) is 0. The minimum Gasteiger partial charge on any atom is -0.462 e. The van der Waals surface area contributed by atoms with Crippen LogP contribution in [-0.4, -0.2) is 98.3 Å². The predicted octanol–water partition coefficient (Wildman–Crippen LogP) is 9.78. The third-order valence-electron chi connectivity index (χ3n) is 11.2. The largest absolute Gasteiger partial charge is 0.472 e. The molecule has 1 aliphatic carbocycles. The minimum absolute atomic E-state index is 0.0906. The molecule has 6 unspecified atom stereocenters. The average molecular weight is 903 g/mol. The topological polar surface area (TPSA) is 210 Å². The summed E-state index contributed by atoms with van der Waals surface area (Å²) in [6.07, 6.45) is 30.5. The fourth-order valence-corrected chi connectivity index (χ4v) is 8.23. The highest BCUT2D eigenvalue weighted by atomic mass is 31.2. The highest BCUT2D eigenvalue weighted by molar-refractivity contribution is 7.47. The Balaban J connectivity index is 2.43. The van der Waals surface area contributed by atoms with Gasteiger partial charge in [0.25, 0.3) is 0 Å². The van der Waals surface area contributed by atoms with Crippen molar-refractivity contribution in [2.45, 2.75) is 243 Å². The number of carbonyl (C=O) groups is 2. The summed E-state index contributed by atoms with van der Waals surface area (Å²) in [6, 6.07) is 0. The molecule has 62 heavy (non-hydrogen) atoms. The van der Waals surface area contributed by atoms with Gasteiger partial charge < -0.3 is 39.9 Å². The Morgan fingerprint density at radius 3 is 1.35 bits per heavy atom. The van der Waals surface area contributed by atoms with Crippen LogP contribution in [0.3, 0.4) is 0 Å². The third-order valence-corrected chi connectivity index (χ3v) is 12.2. The molecule has 0 aliphatic heterocycles. The Bertz CT molecular complexity index is 1230. The van der Waals surface area contributed by atoms with E-state index < -0.39 is 75.7 Å². The molecule has 13 nitrogen and oxygen atoms in total. The first-order valence-electron chi connectivity index (χ1n) is 24.3. The number of unbranched alkanes of at least 4 members (excludes halogenated alkanes) is 22. The lowest BCUT2D eigenvalue weighted by Gasteiger charge is -2.41. The highest BCUT2D eigenvalue weighted by Crippen LogP contribution is 2.47. The molecule has 0 heterocycles. The predicted molar refractivity (Wildman–Crippen MR) is 244 cm³/mol. The van der Waals surface area contributed by atoms with Gasteiger partial charge in [-0.3, -0.25) is 18.6 Å². The van der Waals surface area contributed by atoms with Crippen molar-refractivity contribution in [3.63, 3.8) is 0 Å². The van der Waals surface area contributed by atoms with Crippen molar-refractivity contribution >= 4 is 19.8 Å². The SMILES string of the molecule is CCCCC/C=C\C/C=C\CCCCCCCCCCCC(=O)OC(COC(=O)CCCCCCC/C=C\CCCCCCC)COP(=O)(O)OC1C(O)C(O)C(O)C(O)C1O. The summed E-state index contributed by atoms with van der Waals surface area (Å²) in [7, 11) is -5.12. The number of aliphatic hydroxyl groups excluding tert-OH is 5. The van der Waals surface area contributed by atoms with Crippen LogP contribution < -0.4 is 0 Å². The van der Waals surface area contributed by atoms with Crippen molar-refractivity contribution in [3.05, 3.63) is 36.5 Å². The number of hydrogen-bond donors (Lipinski definition) is 6. The van der Waals surface area contributed by atoms with E-state index in [-0.39, 0.29) is 12.8 Å². The minimum atomic E-state index is -5.12. The molecule has 1 saturated carbocycles. The average Bonchev–Trinajstić information content (AvgIpc) is 3.25. The number of allylic oxidation sites excluding steroid dienone is 6. The Hall–Kier alpha value is -1.93. The molecule has 0 aromatic heterocycles. The fourth-order valence-electron chi connectivity index (χ4n) is 7.25. The van der Waals surface area contributed by atoms with Crippen LogP contribution in [0.1, 0.15) is 200 Å². The Kier molecular flexibility index (Phi) is 35.9. The van der Waals surface area contributed by atoms with Crippen molar-refractivity contribution in [2.75, 3.05) is 13.2 Å². The molecule has 6 N–H and O–H groups in total. The van der Waals surface area contributed by atoms with Gasteiger partial charge in [-0.25, -0.2) is 4.57 Å². The monoisotopic (exact) mass is 903 g/mol. The molecular weight excluding hydrogens is 815 g/mol. The molecule has 0 bridgehead atoms. The second-order valence-corrected chi connectivity index (χ2v) is 18.4. The summed E-state index contributed by atoms with van der Waals surface area (Å²) in [5, 5.41) is 50.2. The van der Waals surface area contributed by atoms with Gasteiger partial charge in [0.2, 0.25) is 0 Å². The normalized spacial score (nSPS) is 22.1. The zero-order chi connectivity index (χ0) is 45.7. The van der Waals surface area contributed by atoms with Gasteiger partial charge in [0.05, 0.1) is 6.61 Å². The van der Waals surface area contributed by atoms with Crippen LogP contribution in [0.4, 0.5) is 0 Å². The lowest BCUT2D eigenvalue weighted by atomic mass is 9.85. The maximum absolute atomic E-state index is 12.8. The zero-order valence-electron chi connectivity index (χ0n) is 38.4. The van der Waals surface area contributed by atoms with Crippen LogP contribution in [0.15, 0.2) is 36.5 Å². The Labute approximate surface area is 374 Å². The summed E-state index contributed by atoms with van der Waals surface area (Å²) < 4.78 is 33.6. The maximum Gasteiger partial charge on any atom is 0.472 e. The molecule has 1 fully saturated rings. The van der Waals surface area contributed by atoms with Crippen LogP contribution >= 0.6 is 7.82 Å². The van der Waals surface area contributed by atoms with Gasteiger partial charge in [-0.05, 0) is 70.6 Å². The van der Waals surface area contributed by atoms with Gasteiger partial charge in [0.15, 0.2) is 6.10 Å². The first-order valence-corrected chi connectivity index (χ1v) is 25.8. The molecule has 0 spiro atoms. The van der Waals surface area contributed by atoms with Crippen molar-refractivity contribution in [3.8, 4) is 0 Å². The zero-order valence-corrected chi connectivity index (χ0v) is 39.3. The second kappa shape index (κ2) is 38.3. The van der Waals surface area contributed by atoms with E-state index in [1.165, 1.54) is 83.5 Å². The molecule has 14 heteroatoms. The van der Waals surface area contributed by atoms with Crippen molar-refractivity contribution < 1.29 is 63.1 Å². The molecule has 0 saturated heterocycles. The second-order valence-electron chi connectivity index (χ2n) is 17.0. The van der Waals surface area contributed by atoms with Crippen LogP contribution in [-0.2, 0) is 32.7 Å². The van der Waals surface area contributed by atoms with Crippen molar-refractivity contribution in [1.29, 1.82) is 0 Å². The number of esters is 2. The molecule has 6 atom stereocenters. The maximum atomic E-state index is 12.8. The number of hydrogen-bond acceptors (Lipinski definition) is 12. The summed E-state index contributed by atoms with van der Waals surface area (Å²) in [6.45, 7) is 3.26. The molecule has 0 aromatic rings. The van der Waals surface area contributed by atoms with E-state index in [0.717, 1.165) is 77.0 Å². The first-order chi connectivity index (χ1) is 29.9. The molecule has 1 aliphatic rings. The quantitative estimate of drug-likeness (QED) is 0.0147.